The molecule has 1 fully saturated rings. The molecule has 0 aromatic heterocycles. The van der Waals surface area contributed by atoms with Gasteiger partial charge in [0.05, 0.1) is 6.07 Å². The second-order valence-electron chi connectivity index (χ2n) is 8.48. The van der Waals surface area contributed by atoms with Crippen LogP contribution in [0.4, 0.5) is 5.69 Å². The van der Waals surface area contributed by atoms with Crippen LogP contribution in [0.5, 0.6) is 0 Å². The van der Waals surface area contributed by atoms with E-state index in [9.17, 15) is 4.79 Å². The number of unbranched alkanes of at least 4 members (excludes halogenated alkanes) is 11. The zero-order valence-corrected chi connectivity index (χ0v) is 17.8. The molecule has 3 heteroatoms. The van der Waals surface area contributed by atoms with E-state index in [1.807, 2.05) is 12.1 Å². The first-order chi connectivity index (χ1) is 13.7. The molecule has 0 saturated heterocycles. The highest BCUT2D eigenvalue weighted by atomic mass is 16.2. The van der Waals surface area contributed by atoms with Crippen LogP contribution in [-0.4, -0.2) is 5.91 Å². The van der Waals surface area contributed by atoms with Crippen LogP contribution in [0.2, 0.25) is 0 Å². The quantitative estimate of drug-likeness (QED) is 0.327. The summed E-state index contributed by atoms with van der Waals surface area (Å²) in [5, 5.41) is 12.0. The summed E-state index contributed by atoms with van der Waals surface area (Å²) < 4.78 is 0. The fraction of sp³-hybridized carbons (Fsp3) is 0.680. The summed E-state index contributed by atoms with van der Waals surface area (Å²) in [6.07, 6.45) is 19.0. The maximum Gasteiger partial charge on any atom is 0.244 e. The Labute approximate surface area is 171 Å². The van der Waals surface area contributed by atoms with Crippen LogP contribution in [0.3, 0.4) is 0 Å². The van der Waals surface area contributed by atoms with Crippen molar-refractivity contribution in [2.75, 3.05) is 5.32 Å². The molecular weight excluding hydrogens is 344 g/mol. The summed E-state index contributed by atoms with van der Waals surface area (Å²) in [5.41, 5.74) is 1.37. The Balaban J connectivity index is 1.47. The zero-order valence-electron chi connectivity index (χ0n) is 17.8. The maximum absolute atomic E-state index is 12.1. The van der Waals surface area contributed by atoms with E-state index < -0.39 is 5.41 Å². The lowest BCUT2D eigenvalue weighted by molar-refractivity contribution is -0.119. The molecule has 1 aromatic carbocycles. The van der Waals surface area contributed by atoms with Gasteiger partial charge in [-0.15, -0.1) is 0 Å². The number of hydrogen-bond donors (Lipinski definition) is 1. The first kappa shape index (κ1) is 22.5. The molecule has 1 N–H and O–H groups in total. The third-order valence-electron chi connectivity index (χ3n) is 5.93. The minimum atomic E-state index is -0.756. The first-order valence-corrected chi connectivity index (χ1v) is 11.5. The smallest absolute Gasteiger partial charge is 0.244 e. The number of nitrogens with zero attached hydrogens (tertiary/aromatic N) is 1. The largest absolute Gasteiger partial charge is 0.325 e. The molecule has 0 unspecified atom stereocenters. The van der Waals surface area contributed by atoms with E-state index >= 15 is 0 Å². The third kappa shape index (κ3) is 8.05. The van der Waals surface area contributed by atoms with Crippen molar-refractivity contribution in [3.8, 4) is 6.07 Å². The van der Waals surface area contributed by atoms with Crippen LogP contribution >= 0.6 is 0 Å². The first-order valence-electron chi connectivity index (χ1n) is 11.5. The van der Waals surface area contributed by atoms with Crippen molar-refractivity contribution in [2.45, 2.75) is 103 Å². The number of benzene rings is 1. The molecule has 0 spiro atoms. The van der Waals surface area contributed by atoms with Gasteiger partial charge in [-0.05, 0) is 43.4 Å². The molecule has 1 saturated carbocycles. The monoisotopic (exact) mass is 382 g/mol. The van der Waals surface area contributed by atoms with Gasteiger partial charge < -0.3 is 5.32 Å². The Morgan fingerprint density at radius 1 is 0.893 bits per heavy atom. The predicted molar refractivity (Wildman–Crippen MR) is 117 cm³/mol. The number of carbonyl (C=O) groups is 1. The SMILES string of the molecule is CCCCCCCCCCCCCCc1ccc(NC(=O)C2(C#N)CC2)cc1. The van der Waals surface area contributed by atoms with Gasteiger partial charge in [-0.25, -0.2) is 0 Å². The van der Waals surface area contributed by atoms with E-state index in [4.69, 9.17) is 5.26 Å². The molecule has 1 amide bonds. The molecule has 154 valence electrons. The zero-order chi connectivity index (χ0) is 20.1. The van der Waals surface area contributed by atoms with Crippen LogP contribution < -0.4 is 5.32 Å². The van der Waals surface area contributed by atoms with E-state index in [0.29, 0.717) is 12.8 Å². The van der Waals surface area contributed by atoms with Gasteiger partial charge in [-0.3, -0.25) is 4.79 Å². The minimum Gasteiger partial charge on any atom is -0.325 e. The second-order valence-corrected chi connectivity index (χ2v) is 8.48. The van der Waals surface area contributed by atoms with Crippen LogP contribution in [0.1, 0.15) is 102 Å². The highest BCUT2D eigenvalue weighted by Crippen LogP contribution is 2.45. The van der Waals surface area contributed by atoms with Crippen molar-refractivity contribution in [1.29, 1.82) is 5.26 Å². The number of aryl methyl sites for hydroxylation is 1. The number of nitrogens with one attached hydrogen (secondary N) is 1. The van der Waals surface area contributed by atoms with Gasteiger partial charge in [0, 0.05) is 5.69 Å². The van der Waals surface area contributed by atoms with Crippen LogP contribution in [0.15, 0.2) is 24.3 Å². The molecule has 0 radical (unpaired) electrons. The molecule has 1 aromatic rings. The third-order valence-corrected chi connectivity index (χ3v) is 5.93. The second kappa shape index (κ2) is 12.6. The van der Waals surface area contributed by atoms with Gasteiger partial charge in [0.2, 0.25) is 5.91 Å². The molecule has 28 heavy (non-hydrogen) atoms. The molecule has 1 aliphatic carbocycles. The number of rotatable bonds is 15. The maximum atomic E-state index is 12.1. The Bertz CT molecular complexity index is 610. The average molecular weight is 383 g/mol. The Hall–Kier alpha value is -1.82. The standard InChI is InChI=1S/C25H38N2O/c1-2-3-4-5-6-7-8-9-10-11-12-13-14-22-15-17-23(18-16-22)27-24(28)25(21-26)19-20-25/h15-18H,2-14,19-20H2,1H3,(H,27,28). The molecule has 0 aliphatic heterocycles. The fourth-order valence-corrected chi connectivity index (χ4v) is 3.69. The van der Waals surface area contributed by atoms with Crippen molar-refractivity contribution in [2.24, 2.45) is 5.41 Å². The summed E-state index contributed by atoms with van der Waals surface area (Å²) >= 11 is 0. The van der Waals surface area contributed by atoms with E-state index in [0.717, 1.165) is 12.1 Å². The predicted octanol–water partition coefficient (Wildman–Crippen LogP) is 7.17. The van der Waals surface area contributed by atoms with Crippen molar-refractivity contribution in [3.05, 3.63) is 29.8 Å². The van der Waals surface area contributed by atoms with Crippen LogP contribution in [-0.2, 0) is 11.2 Å². The normalized spacial score (nSPS) is 14.4. The number of hydrogen-bond acceptors (Lipinski definition) is 2. The highest BCUT2D eigenvalue weighted by Gasteiger charge is 2.50. The Kier molecular flexibility index (Phi) is 10.1. The topological polar surface area (TPSA) is 52.9 Å². The van der Waals surface area contributed by atoms with Crippen LogP contribution in [0, 0.1) is 16.7 Å². The minimum absolute atomic E-state index is 0.149. The van der Waals surface area contributed by atoms with Gasteiger partial charge in [0.15, 0.2) is 0 Å². The molecular formula is C25H38N2O. The summed E-state index contributed by atoms with van der Waals surface area (Å²) in [5.74, 6) is -0.149. The lowest BCUT2D eigenvalue weighted by atomic mass is 10.0. The Morgan fingerprint density at radius 3 is 1.86 bits per heavy atom. The Morgan fingerprint density at radius 2 is 1.39 bits per heavy atom. The molecule has 0 heterocycles. The molecule has 0 bridgehead atoms. The van der Waals surface area contributed by atoms with E-state index in [1.165, 1.54) is 82.6 Å². The fourth-order valence-electron chi connectivity index (χ4n) is 3.69. The average Bonchev–Trinajstić information content (AvgIpc) is 3.51. The molecule has 0 atom stereocenters. The van der Waals surface area contributed by atoms with Gasteiger partial charge in [0.25, 0.3) is 0 Å². The number of anilines is 1. The number of carbonyl (C=O) groups excluding carboxylic acids is 1. The van der Waals surface area contributed by atoms with E-state index in [2.05, 4.69) is 30.4 Å². The lowest BCUT2D eigenvalue weighted by Gasteiger charge is -2.09. The van der Waals surface area contributed by atoms with Crippen molar-refractivity contribution >= 4 is 11.6 Å². The van der Waals surface area contributed by atoms with Gasteiger partial charge >= 0.3 is 0 Å². The summed E-state index contributed by atoms with van der Waals surface area (Å²) in [6.45, 7) is 2.27. The molecule has 3 nitrogen and oxygen atoms in total. The van der Waals surface area contributed by atoms with E-state index in [-0.39, 0.29) is 5.91 Å². The van der Waals surface area contributed by atoms with Crippen molar-refractivity contribution in [1.82, 2.24) is 0 Å². The van der Waals surface area contributed by atoms with Crippen LogP contribution in [0.25, 0.3) is 0 Å². The highest BCUT2D eigenvalue weighted by molar-refractivity contribution is 5.99. The van der Waals surface area contributed by atoms with Gasteiger partial charge in [-0.2, -0.15) is 5.26 Å². The number of nitriles is 1. The summed E-state index contributed by atoms with van der Waals surface area (Å²) in [6, 6.07) is 10.3. The summed E-state index contributed by atoms with van der Waals surface area (Å²) in [4.78, 5) is 12.1. The summed E-state index contributed by atoms with van der Waals surface area (Å²) in [7, 11) is 0. The number of amides is 1. The lowest BCUT2D eigenvalue weighted by Crippen LogP contribution is -2.22. The molecule has 1 aliphatic rings. The van der Waals surface area contributed by atoms with E-state index in [1.54, 1.807) is 0 Å². The van der Waals surface area contributed by atoms with Crippen molar-refractivity contribution < 1.29 is 4.79 Å². The molecule has 2 rings (SSSR count). The van der Waals surface area contributed by atoms with Gasteiger partial charge in [0.1, 0.15) is 5.41 Å². The van der Waals surface area contributed by atoms with Gasteiger partial charge in [-0.1, -0.05) is 89.7 Å². The van der Waals surface area contributed by atoms with Crippen molar-refractivity contribution in [3.63, 3.8) is 0 Å².